The lowest BCUT2D eigenvalue weighted by Crippen LogP contribution is -1.96. The fourth-order valence-electron chi connectivity index (χ4n) is 3.31. The fourth-order valence-corrected chi connectivity index (χ4v) is 3.31. The number of rotatable bonds is 9. The second-order valence-corrected chi connectivity index (χ2v) is 7.37. The van der Waals surface area contributed by atoms with Gasteiger partial charge in [-0.3, -0.25) is 0 Å². The minimum absolute atomic E-state index is 0.748. The summed E-state index contributed by atoms with van der Waals surface area (Å²) in [6.45, 7) is 10.8. The standard InChI is InChI=1S/C24H33NO2/c1-17(2)10-8-11-18(3)12-9-13-19(4)21-14-20-15-23(26-6)24(27-7)16-22(20)25(21)5/h10,12,14-16H,4,8-9,11,13H2,1-3,5-7H3. The number of allylic oxidation sites excluding steroid dienone is 5. The van der Waals surface area contributed by atoms with Crippen LogP contribution in [0.2, 0.25) is 0 Å². The van der Waals surface area contributed by atoms with Gasteiger partial charge in [0.15, 0.2) is 11.5 Å². The van der Waals surface area contributed by atoms with Crippen LogP contribution in [0.1, 0.15) is 52.1 Å². The lowest BCUT2D eigenvalue weighted by atomic mass is 10.0. The highest BCUT2D eigenvalue weighted by Gasteiger charge is 2.13. The number of hydrogen-bond acceptors (Lipinski definition) is 2. The fraction of sp³-hybridized carbons (Fsp3) is 0.417. The Morgan fingerprint density at radius 1 is 0.963 bits per heavy atom. The summed E-state index contributed by atoms with van der Waals surface area (Å²) in [4.78, 5) is 0. The van der Waals surface area contributed by atoms with Crippen molar-refractivity contribution in [3.63, 3.8) is 0 Å². The van der Waals surface area contributed by atoms with Gasteiger partial charge in [0.2, 0.25) is 0 Å². The number of nitrogens with zero attached hydrogens (tertiary/aromatic N) is 1. The van der Waals surface area contributed by atoms with E-state index in [9.17, 15) is 0 Å². The number of aryl methyl sites for hydroxylation is 1. The molecule has 0 N–H and O–H groups in total. The zero-order valence-corrected chi connectivity index (χ0v) is 17.7. The first-order valence-electron chi connectivity index (χ1n) is 9.56. The maximum Gasteiger partial charge on any atom is 0.162 e. The molecule has 0 saturated heterocycles. The maximum absolute atomic E-state index is 5.43. The third-order valence-corrected chi connectivity index (χ3v) is 4.94. The Morgan fingerprint density at radius 2 is 1.59 bits per heavy atom. The molecule has 1 heterocycles. The predicted molar refractivity (Wildman–Crippen MR) is 117 cm³/mol. The quantitative estimate of drug-likeness (QED) is 0.461. The number of benzene rings is 1. The van der Waals surface area contributed by atoms with Crippen LogP contribution in [0.5, 0.6) is 11.5 Å². The first kappa shape index (κ1) is 20.9. The zero-order valence-electron chi connectivity index (χ0n) is 17.7. The molecule has 2 aromatic rings. The Bertz CT molecular complexity index is 864. The highest BCUT2D eigenvalue weighted by molar-refractivity contribution is 5.88. The predicted octanol–water partition coefficient (Wildman–Crippen LogP) is 6.68. The van der Waals surface area contributed by atoms with E-state index in [1.807, 2.05) is 12.1 Å². The van der Waals surface area contributed by atoms with Gasteiger partial charge in [-0.2, -0.15) is 0 Å². The molecule has 0 bridgehead atoms. The number of ether oxygens (including phenoxy) is 2. The molecule has 0 aliphatic carbocycles. The monoisotopic (exact) mass is 367 g/mol. The average Bonchev–Trinajstić information content (AvgIpc) is 2.96. The lowest BCUT2D eigenvalue weighted by Gasteiger charge is -2.09. The minimum Gasteiger partial charge on any atom is -0.493 e. The first-order valence-corrected chi connectivity index (χ1v) is 9.56. The van der Waals surface area contributed by atoms with Crippen LogP contribution in [0.3, 0.4) is 0 Å². The first-order chi connectivity index (χ1) is 12.9. The summed E-state index contributed by atoms with van der Waals surface area (Å²) >= 11 is 0. The second kappa shape index (κ2) is 9.50. The molecule has 146 valence electrons. The maximum atomic E-state index is 5.43. The van der Waals surface area contributed by atoms with E-state index >= 15 is 0 Å². The van der Waals surface area contributed by atoms with E-state index in [1.165, 1.54) is 11.1 Å². The summed E-state index contributed by atoms with van der Waals surface area (Å²) in [6, 6.07) is 6.24. The topological polar surface area (TPSA) is 23.4 Å². The van der Waals surface area contributed by atoms with E-state index in [1.54, 1.807) is 14.2 Å². The molecular weight excluding hydrogens is 334 g/mol. The Hall–Kier alpha value is -2.42. The molecule has 0 atom stereocenters. The van der Waals surface area contributed by atoms with Gasteiger partial charge < -0.3 is 14.0 Å². The normalized spacial score (nSPS) is 11.6. The van der Waals surface area contributed by atoms with E-state index in [0.717, 1.165) is 59.4 Å². The van der Waals surface area contributed by atoms with E-state index in [-0.39, 0.29) is 0 Å². The molecule has 0 saturated carbocycles. The Kier molecular flexibility index (Phi) is 7.35. The molecule has 2 rings (SSSR count). The number of methoxy groups -OCH3 is 2. The van der Waals surface area contributed by atoms with Gasteiger partial charge in [0.25, 0.3) is 0 Å². The van der Waals surface area contributed by atoms with Crippen LogP contribution in [0.15, 0.2) is 48.1 Å². The third kappa shape index (κ3) is 5.29. The van der Waals surface area contributed by atoms with Gasteiger partial charge in [-0.05, 0) is 64.2 Å². The molecule has 1 aromatic carbocycles. The van der Waals surface area contributed by atoms with Crippen LogP contribution in [-0.2, 0) is 7.05 Å². The summed E-state index contributed by atoms with van der Waals surface area (Å²) in [5, 5.41) is 1.14. The molecule has 3 heteroatoms. The van der Waals surface area contributed by atoms with Crippen molar-refractivity contribution in [2.24, 2.45) is 7.05 Å². The van der Waals surface area contributed by atoms with Crippen LogP contribution in [0, 0.1) is 0 Å². The summed E-state index contributed by atoms with van der Waals surface area (Å²) < 4.78 is 13.0. The SMILES string of the molecule is C=C(CCC=C(C)CCC=C(C)C)c1cc2cc(OC)c(OC)cc2n1C. The van der Waals surface area contributed by atoms with E-state index in [2.05, 4.69) is 57.2 Å². The van der Waals surface area contributed by atoms with Crippen molar-refractivity contribution in [1.82, 2.24) is 4.57 Å². The van der Waals surface area contributed by atoms with Crippen LogP contribution in [0.25, 0.3) is 16.5 Å². The molecular formula is C24H33NO2. The molecule has 0 unspecified atom stereocenters. The molecule has 27 heavy (non-hydrogen) atoms. The number of hydrogen-bond donors (Lipinski definition) is 0. The summed E-state index contributed by atoms with van der Waals surface area (Å²) in [7, 11) is 5.41. The van der Waals surface area contributed by atoms with Crippen molar-refractivity contribution in [1.29, 1.82) is 0 Å². The summed E-state index contributed by atoms with van der Waals surface area (Å²) in [5.41, 5.74) is 6.28. The van der Waals surface area contributed by atoms with Crippen molar-refractivity contribution >= 4 is 16.5 Å². The van der Waals surface area contributed by atoms with Gasteiger partial charge in [0.1, 0.15) is 0 Å². The van der Waals surface area contributed by atoms with Crippen molar-refractivity contribution in [2.45, 2.75) is 46.5 Å². The van der Waals surface area contributed by atoms with E-state index in [0.29, 0.717) is 0 Å². The van der Waals surface area contributed by atoms with Gasteiger partial charge in [-0.1, -0.05) is 29.9 Å². The molecule has 3 nitrogen and oxygen atoms in total. The molecule has 0 radical (unpaired) electrons. The van der Waals surface area contributed by atoms with Gasteiger partial charge in [-0.15, -0.1) is 0 Å². The smallest absolute Gasteiger partial charge is 0.162 e. The van der Waals surface area contributed by atoms with Crippen molar-refractivity contribution in [3.05, 3.63) is 53.8 Å². The van der Waals surface area contributed by atoms with Gasteiger partial charge in [0, 0.05) is 24.2 Å². The Labute approximate surface area is 164 Å². The van der Waals surface area contributed by atoms with Crippen LogP contribution in [-0.4, -0.2) is 18.8 Å². The Balaban J connectivity index is 2.09. The highest BCUT2D eigenvalue weighted by atomic mass is 16.5. The van der Waals surface area contributed by atoms with Crippen molar-refractivity contribution < 1.29 is 9.47 Å². The minimum atomic E-state index is 0.748. The van der Waals surface area contributed by atoms with Crippen LogP contribution in [0.4, 0.5) is 0 Å². The van der Waals surface area contributed by atoms with Gasteiger partial charge in [-0.25, -0.2) is 0 Å². The van der Waals surface area contributed by atoms with E-state index in [4.69, 9.17) is 9.47 Å². The molecule has 1 aromatic heterocycles. The van der Waals surface area contributed by atoms with Gasteiger partial charge in [0.05, 0.1) is 19.7 Å². The van der Waals surface area contributed by atoms with E-state index < -0.39 is 0 Å². The molecule has 0 aliphatic heterocycles. The van der Waals surface area contributed by atoms with Crippen LogP contribution >= 0.6 is 0 Å². The highest BCUT2D eigenvalue weighted by Crippen LogP contribution is 2.35. The summed E-state index contributed by atoms with van der Waals surface area (Å²) in [5.74, 6) is 1.50. The van der Waals surface area contributed by atoms with Crippen molar-refractivity contribution in [2.75, 3.05) is 14.2 Å². The molecule has 0 spiro atoms. The largest absolute Gasteiger partial charge is 0.493 e. The number of aromatic nitrogens is 1. The third-order valence-electron chi connectivity index (χ3n) is 4.94. The lowest BCUT2D eigenvalue weighted by molar-refractivity contribution is 0.355. The molecule has 0 fully saturated rings. The second-order valence-electron chi connectivity index (χ2n) is 7.37. The summed E-state index contributed by atoms with van der Waals surface area (Å²) in [6.07, 6.45) is 8.88. The zero-order chi connectivity index (χ0) is 20.0. The molecule has 0 aliphatic rings. The average molecular weight is 368 g/mol. The Morgan fingerprint density at radius 3 is 2.22 bits per heavy atom. The van der Waals surface area contributed by atoms with Gasteiger partial charge >= 0.3 is 0 Å². The molecule has 0 amide bonds. The number of fused-ring (bicyclic) bond motifs is 1. The van der Waals surface area contributed by atoms with Crippen molar-refractivity contribution in [3.8, 4) is 11.5 Å². The van der Waals surface area contributed by atoms with Crippen LogP contribution < -0.4 is 9.47 Å².